The Hall–Kier alpha value is -1.19. The second kappa shape index (κ2) is 6.83. The van der Waals surface area contributed by atoms with Gasteiger partial charge in [0, 0.05) is 12.1 Å². The largest absolute Gasteiger partial charge is 0.307 e. The Morgan fingerprint density at radius 2 is 1.95 bits per heavy atom. The van der Waals surface area contributed by atoms with Crippen molar-refractivity contribution < 1.29 is 4.39 Å². The summed E-state index contributed by atoms with van der Waals surface area (Å²) in [6.07, 6.45) is 2.03. The lowest BCUT2D eigenvalue weighted by Gasteiger charge is -2.22. The zero-order chi connectivity index (χ0) is 13.7. The van der Waals surface area contributed by atoms with E-state index in [-0.39, 0.29) is 11.9 Å². The highest BCUT2D eigenvalue weighted by molar-refractivity contribution is 7.07. The van der Waals surface area contributed by atoms with Gasteiger partial charge in [0.2, 0.25) is 0 Å². The van der Waals surface area contributed by atoms with E-state index >= 15 is 0 Å². The van der Waals surface area contributed by atoms with E-state index in [0.717, 1.165) is 18.4 Å². The molecular formula is C16H20FNS. The minimum atomic E-state index is -0.176. The first-order chi connectivity index (χ1) is 9.19. The quantitative estimate of drug-likeness (QED) is 0.816. The van der Waals surface area contributed by atoms with Gasteiger partial charge in [-0.3, -0.25) is 0 Å². The molecule has 102 valence electrons. The van der Waals surface area contributed by atoms with Crippen LogP contribution in [0, 0.1) is 5.82 Å². The predicted octanol–water partition coefficient (Wildman–Crippen LogP) is 4.56. The molecule has 19 heavy (non-hydrogen) atoms. The number of thiophene rings is 1. The molecule has 0 bridgehead atoms. The van der Waals surface area contributed by atoms with Crippen LogP contribution >= 0.6 is 11.3 Å². The first-order valence-electron chi connectivity index (χ1n) is 6.71. The fourth-order valence-electron chi connectivity index (χ4n) is 2.31. The monoisotopic (exact) mass is 277 g/mol. The van der Waals surface area contributed by atoms with E-state index in [9.17, 15) is 4.39 Å². The predicted molar refractivity (Wildman–Crippen MR) is 80.1 cm³/mol. The van der Waals surface area contributed by atoms with Crippen LogP contribution in [-0.2, 0) is 6.42 Å². The van der Waals surface area contributed by atoms with Gasteiger partial charge in [0.15, 0.2) is 0 Å². The smallest absolute Gasteiger partial charge is 0.123 e. The molecule has 0 radical (unpaired) electrons. The van der Waals surface area contributed by atoms with Gasteiger partial charge in [-0.15, -0.1) is 0 Å². The van der Waals surface area contributed by atoms with Crippen LogP contribution in [0.2, 0.25) is 0 Å². The van der Waals surface area contributed by atoms with Crippen molar-refractivity contribution in [3.8, 4) is 0 Å². The standard InChI is InChI=1S/C16H20FNS/c1-3-16(14-4-6-15(17)7-5-14)18-12(2)10-13-8-9-19-11-13/h4-9,11-12,16,18H,3,10H2,1-2H3. The maximum absolute atomic E-state index is 12.9. The SMILES string of the molecule is CCC(NC(C)Cc1ccsc1)c1ccc(F)cc1. The Morgan fingerprint density at radius 3 is 2.53 bits per heavy atom. The summed E-state index contributed by atoms with van der Waals surface area (Å²) in [6, 6.07) is 9.66. The van der Waals surface area contributed by atoms with Crippen molar-refractivity contribution in [3.63, 3.8) is 0 Å². The molecule has 0 saturated heterocycles. The van der Waals surface area contributed by atoms with Gasteiger partial charge >= 0.3 is 0 Å². The molecule has 0 fully saturated rings. The van der Waals surface area contributed by atoms with E-state index in [2.05, 4.69) is 36.0 Å². The molecule has 2 atom stereocenters. The molecule has 1 aromatic carbocycles. The molecular weight excluding hydrogens is 257 g/mol. The summed E-state index contributed by atoms with van der Waals surface area (Å²) in [5, 5.41) is 7.92. The van der Waals surface area contributed by atoms with Crippen LogP contribution in [0.5, 0.6) is 0 Å². The lowest BCUT2D eigenvalue weighted by molar-refractivity contribution is 0.443. The Morgan fingerprint density at radius 1 is 1.21 bits per heavy atom. The normalized spacial score (nSPS) is 14.3. The molecule has 0 spiro atoms. The molecule has 2 aromatic rings. The van der Waals surface area contributed by atoms with Crippen molar-refractivity contribution in [1.29, 1.82) is 0 Å². The summed E-state index contributed by atoms with van der Waals surface area (Å²) < 4.78 is 12.9. The van der Waals surface area contributed by atoms with Crippen molar-refractivity contribution in [2.45, 2.75) is 38.8 Å². The zero-order valence-corrected chi connectivity index (χ0v) is 12.2. The maximum atomic E-state index is 12.9. The van der Waals surface area contributed by atoms with Gasteiger partial charge < -0.3 is 5.32 Å². The second-order valence-electron chi connectivity index (χ2n) is 4.92. The van der Waals surface area contributed by atoms with E-state index in [1.807, 2.05) is 12.1 Å². The zero-order valence-electron chi connectivity index (χ0n) is 11.4. The third-order valence-electron chi connectivity index (χ3n) is 3.29. The number of rotatable bonds is 6. The maximum Gasteiger partial charge on any atom is 0.123 e. The van der Waals surface area contributed by atoms with Gasteiger partial charge in [-0.25, -0.2) is 4.39 Å². The Kier molecular flexibility index (Phi) is 5.11. The number of hydrogen-bond donors (Lipinski definition) is 1. The Labute approximate surface area is 118 Å². The molecule has 1 aromatic heterocycles. The minimum absolute atomic E-state index is 0.176. The van der Waals surface area contributed by atoms with Gasteiger partial charge in [0.05, 0.1) is 0 Å². The van der Waals surface area contributed by atoms with Crippen LogP contribution in [0.4, 0.5) is 4.39 Å². The molecule has 0 amide bonds. The van der Waals surface area contributed by atoms with Gasteiger partial charge in [-0.2, -0.15) is 11.3 Å². The molecule has 1 nitrogen and oxygen atoms in total. The van der Waals surface area contributed by atoms with E-state index < -0.39 is 0 Å². The molecule has 2 unspecified atom stereocenters. The average molecular weight is 277 g/mol. The summed E-state index contributed by atoms with van der Waals surface area (Å²) in [4.78, 5) is 0. The summed E-state index contributed by atoms with van der Waals surface area (Å²) in [5.74, 6) is -0.176. The lowest BCUT2D eigenvalue weighted by atomic mass is 10.0. The van der Waals surface area contributed by atoms with Crippen LogP contribution in [0.15, 0.2) is 41.1 Å². The van der Waals surface area contributed by atoms with Crippen LogP contribution in [0.25, 0.3) is 0 Å². The minimum Gasteiger partial charge on any atom is -0.307 e. The average Bonchev–Trinajstić information content (AvgIpc) is 2.90. The van der Waals surface area contributed by atoms with Gasteiger partial charge in [-0.1, -0.05) is 19.1 Å². The highest BCUT2D eigenvalue weighted by Crippen LogP contribution is 2.19. The summed E-state index contributed by atoms with van der Waals surface area (Å²) in [6.45, 7) is 4.35. The second-order valence-corrected chi connectivity index (χ2v) is 5.70. The van der Waals surface area contributed by atoms with Crippen molar-refractivity contribution in [3.05, 3.63) is 58.0 Å². The van der Waals surface area contributed by atoms with Crippen molar-refractivity contribution in [2.75, 3.05) is 0 Å². The molecule has 0 saturated carbocycles. The van der Waals surface area contributed by atoms with E-state index in [1.54, 1.807) is 11.3 Å². The summed E-state index contributed by atoms with van der Waals surface area (Å²) >= 11 is 1.73. The highest BCUT2D eigenvalue weighted by atomic mass is 32.1. The van der Waals surface area contributed by atoms with Crippen LogP contribution in [-0.4, -0.2) is 6.04 Å². The molecule has 1 N–H and O–H groups in total. The van der Waals surface area contributed by atoms with Crippen LogP contribution < -0.4 is 5.32 Å². The van der Waals surface area contributed by atoms with E-state index in [0.29, 0.717) is 6.04 Å². The number of nitrogens with one attached hydrogen (secondary N) is 1. The first kappa shape index (κ1) is 14.2. The van der Waals surface area contributed by atoms with Crippen LogP contribution in [0.1, 0.15) is 37.4 Å². The summed E-state index contributed by atoms with van der Waals surface area (Å²) in [7, 11) is 0. The molecule has 0 aliphatic heterocycles. The van der Waals surface area contributed by atoms with Gasteiger partial charge in [0.1, 0.15) is 5.82 Å². The lowest BCUT2D eigenvalue weighted by Crippen LogP contribution is -2.31. The number of benzene rings is 1. The number of halogens is 1. The molecule has 0 aliphatic rings. The molecule has 1 heterocycles. The molecule has 0 aliphatic carbocycles. The Balaban J connectivity index is 1.96. The molecule has 2 rings (SSSR count). The van der Waals surface area contributed by atoms with E-state index in [1.165, 1.54) is 17.7 Å². The van der Waals surface area contributed by atoms with Gasteiger partial charge in [-0.05, 0) is 59.9 Å². The highest BCUT2D eigenvalue weighted by Gasteiger charge is 2.13. The Bertz CT molecular complexity index is 478. The fraction of sp³-hybridized carbons (Fsp3) is 0.375. The third kappa shape index (κ3) is 4.15. The van der Waals surface area contributed by atoms with Crippen molar-refractivity contribution >= 4 is 11.3 Å². The van der Waals surface area contributed by atoms with Crippen molar-refractivity contribution in [1.82, 2.24) is 5.32 Å². The van der Waals surface area contributed by atoms with Crippen molar-refractivity contribution in [2.24, 2.45) is 0 Å². The topological polar surface area (TPSA) is 12.0 Å². The van der Waals surface area contributed by atoms with Gasteiger partial charge in [0.25, 0.3) is 0 Å². The fourth-order valence-corrected chi connectivity index (χ4v) is 2.99. The molecule has 3 heteroatoms. The first-order valence-corrected chi connectivity index (χ1v) is 7.66. The third-order valence-corrected chi connectivity index (χ3v) is 4.02. The number of hydrogen-bond acceptors (Lipinski definition) is 2. The van der Waals surface area contributed by atoms with E-state index in [4.69, 9.17) is 0 Å². The summed E-state index contributed by atoms with van der Waals surface area (Å²) in [5.41, 5.74) is 2.53. The van der Waals surface area contributed by atoms with Crippen LogP contribution in [0.3, 0.4) is 0 Å².